The molecule has 2 fully saturated rings. The van der Waals surface area contributed by atoms with Gasteiger partial charge in [-0.05, 0) is 44.2 Å². The van der Waals surface area contributed by atoms with Crippen LogP contribution in [0.25, 0.3) is 0 Å². The molecule has 1 heterocycles. The van der Waals surface area contributed by atoms with Gasteiger partial charge in [-0.1, -0.05) is 31.4 Å². The van der Waals surface area contributed by atoms with Gasteiger partial charge >= 0.3 is 6.03 Å². The van der Waals surface area contributed by atoms with Crippen molar-refractivity contribution in [1.82, 2.24) is 4.90 Å². The van der Waals surface area contributed by atoms with E-state index in [1.807, 2.05) is 0 Å². The van der Waals surface area contributed by atoms with Gasteiger partial charge < -0.3 is 27.1 Å². The van der Waals surface area contributed by atoms with E-state index in [1.165, 1.54) is 32.1 Å². The summed E-state index contributed by atoms with van der Waals surface area (Å²) < 4.78 is 0. The van der Waals surface area contributed by atoms with E-state index in [0.29, 0.717) is 22.8 Å². The van der Waals surface area contributed by atoms with E-state index < -0.39 is 6.03 Å². The first kappa shape index (κ1) is 20.3. The first-order chi connectivity index (χ1) is 13.6. The number of hydrogen-bond acceptors (Lipinski definition) is 4. The lowest BCUT2D eigenvalue weighted by molar-refractivity contribution is 0.157. The molecule has 2 aliphatic rings. The molecule has 1 aliphatic heterocycles. The molecule has 1 aromatic rings. The van der Waals surface area contributed by atoms with Gasteiger partial charge in [0.05, 0.1) is 11.4 Å². The average Bonchev–Trinajstić information content (AvgIpc) is 2.70. The molecule has 28 heavy (non-hydrogen) atoms. The number of benzene rings is 1. The van der Waals surface area contributed by atoms with E-state index in [1.54, 1.807) is 18.2 Å². The Balaban J connectivity index is 1.57. The zero-order chi connectivity index (χ0) is 19.9. The van der Waals surface area contributed by atoms with Gasteiger partial charge in [0.15, 0.2) is 0 Å². The zero-order valence-corrected chi connectivity index (χ0v) is 16.5. The summed E-state index contributed by atoms with van der Waals surface area (Å²) in [5.41, 5.74) is 13.5. The van der Waals surface area contributed by atoms with Crippen LogP contribution in [-0.4, -0.2) is 42.6 Å². The molecule has 1 aliphatic carbocycles. The molecule has 1 unspecified atom stereocenters. The lowest BCUT2D eigenvalue weighted by Crippen LogP contribution is -2.43. The quantitative estimate of drug-likeness (QED) is 0.353. The van der Waals surface area contributed by atoms with Crippen LogP contribution >= 0.6 is 0 Å². The number of anilines is 2. The van der Waals surface area contributed by atoms with Crippen LogP contribution < -0.4 is 16.8 Å². The van der Waals surface area contributed by atoms with Gasteiger partial charge in [0.1, 0.15) is 5.84 Å². The summed E-state index contributed by atoms with van der Waals surface area (Å²) in [5.74, 6) is 1.32. The number of rotatable bonds is 5. The molecule has 3 rings (SSSR count). The minimum Gasteiger partial charge on any atom is -0.397 e. The van der Waals surface area contributed by atoms with Gasteiger partial charge in [-0.3, -0.25) is 0 Å². The lowest BCUT2D eigenvalue weighted by atomic mass is 9.88. The Labute approximate surface area is 167 Å². The summed E-state index contributed by atoms with van der Waals surface area (Å²) >= 11 is 0. The number of carbonyl (C=O) groups is 1. The molecule has 7 heteroatoms. The van der Waals surface area contributed by atoms with Crippen LogP contribution in [0.3, 0.4) is 0 Å². The summed E-state index contributed by atoms with van der Waals surface area (Å²) in [6, 6.07) is 4.64. The summed E-state index contributed by atoms with van der Waals surface area (Å²) in [5, 5.41) is 10.0. The average molecular weight is 385 g/mol. The van der Waals surface area contributed by atoms with Crippen LogP contribution in [0.4, 0.5) is 16.2 Å². The third-order valence-electron chi connectivity index (χ3n) is 5.93. The molecule has 0 spiro atoms. The molecule has 2 amide bonds. The van der Waals surface area contributed by atoms with Gasteiger partial charge in [-0.2, -0.15) is 4.99 Å². The number of para-hydroxylation sites is 1. The van der Waals surface area contributed by atoms with Crippen LogP contribution in [0, 0.1) is 17.2 Å². The number of likely N-dealkylation sites (tertiary alicyclic amines) is 1. The Morgan fingerprint density at radius 1 is 1.25 bits per heavy atom. The monoisotopic (exact) mass is 384 g/mol. The number of aliphatic imine (C=N–C) groups is 1. The fourth-order valence-electron chi connectivity index (χ4n) is 4.37. The molecular weight excluding hydrogens is 352 g/mol. The number of nitrogens with zero attached hydrogens (tertiary/aromatic N) is 2. The summed E-state index contributed by atoms with van der Waals surface area (Å²) in [4.78, 5) is 18.9. The molecule has 1 saturated carbocycles. The number of urea groups is 1. The lowest BCUT2D eigenvalue weighted by Gasteiger charge is -2.35. The van der Waals surface area contributed by atoms with Crippen molar-refractivity contribution in [3.63, 3.8) is 0 Å². The van der Waals surface area contributed by atoms with Gasteiger partial charge in [-0.25, -0.2) is 4.79 Å². The number of piperidine rings is 1. The highest BCUT2D eigenvalue weighted by atomic mass is 16.2. The van der Waals surface area contributed by atoms with E-state index in [9.17, 15) is 4.79 Å². The molecule has 6 N–H and O–H groups in total. The maximum atomic E-state index is 12.3. The number of nitrogens with one attached hydrogen (secondary N) is 2. The molecule has 0 radical (unpaired) electrons. The number of nitrogens with two attached hydrogens (primary N) is 2. The first-order valence-electron chi connectivity index (χ1n) is 10.3. The molecule has 0 bridgehead atoms. The highest BCUT2D eigenvalue weighted by molar-refractivity contribution is 6.03. The fraction of sp³-hybridized carbons (Fsp3) is 0.571. The highest BCUT2D eigenvalue weighted by Gasteiger charge is 2.26. The SMILES string of the molecule is N=Cc1cccc(NC(=O)/N=C(\N)C2CCCN(CC3CCCCC3)C2)c1N. The molecular formula is C21H32N6O. The predicted molar refractivity (Wildman–Crippen MR) is 115 cm³/mol. The highest BCUT2D eigenvalue weighted by Crippen LogP contribution is 2.27. The van der Waals surface area contributed by atoms with E-state index in [-0.39, 0.29) is 5.92 Å². The van der Waals surface area contributed by atoms with Crippen molar-refractivity contribution in [2.24, 2.45) is 22.6 Å². The Kier molecular flexibility index (Phi) is 7.03. The van der Waals surface area contributed by atoms with E-state index in [4.69, 9.17) is 16.9 Å². The second kappa shape index (κ2) is 9.68. The number of amidine groups is 1. The maximum Gasteiger partial charge on any atom is 0.347 e. The largest absolute Gasteiger partial charge is 0.397 e. The topological polar surface area (TPSA) is 121 Å². The Bertz CT molecular complexity index is 726. The van der Waals surface area contributed by atoms with Crippen LogP contribution in [0.15, 0.2) is 23.2 Å². The summed E-state index contributed by atoms with van der Waals surface area (Å²) in [6.07, 6.45) is 9.97. The van der Waals surface area contributed by atoms with Crippen molar-refractivity contribution in [2.45, 2.75) is 44.9 Å². The molecule has 152 valence electrons. The van der Waals surface area contributed by atoms with E-state index in [2.05, 4.69) is 15.2 Å². The Hall–Kier alpha value is -2.41. The minimum atomic E-state index is -0.518. The van der Waals surface area contributed by atoms with Crippen LogP contribution in [-0.2, 0) is 0 Å². The zero-order valence-electron chi connectivity index (χ0n) is 16.5. The van der Waals surface area contributed by atoms with E-state index in [0.717, 1.165) is 44.6 Å². The number of amides is 2. The van der Waals surface area contributed by atoms with Gasteiger partial charge in [0, 0.05) is 30.8 Å². The van der Waals surface area contributed by atoms with Crippen molar-refractivity contribution in [2.75, 3.05) is 30.7 Å². The van der Waals surface area contributed by atoms with Crippen molar-refractivity contribution in [3.8, 4) is 0 Å². The normalized spacial score (nSPS) is 22.0. The standard InChI is InChI=1S/C21H32N6O/c22-12-16-8-4-10-18(19(16)23)25-21(28)26-20(24)17-9-5-11-27(14-17)13-15-6-2-1-3-7-15/h4,8,10,12,15,17,22H,1-3,5-7,9,11,13-14,23H2,(H3,24,25,26,28). The van der Waals surface area contributed by atoms with Crippen molar-refractivity contribution < 1.29 is 4.79 Å². The Morgan fingerprint density at radius 3 is 2.79 bits per heavy atom. The molecule has 1 saturated heterocycles. The third kappa shape index (κ3) is 5.32. The van der Waals surface area contributed by atoms with Gasteiger partial charge in [0.2, 0.25) is 0 Å². The molecule has 0 aromatic heterocycles. The van der Waals surface area contributed by atoms with Crippen molar-refractivity contribution in [3.05, 3.63) is 23.8 Å². The number of nitrogen functional groups attached to an aromatic ring is 1. The third-order valence-corrected chi connectivity index (χ3v) is 5.93. The number of carbonyl (C=O) groups excluding carboxylic acids is 1. The second-order valence-electron chi connectivity index (χ2n) is 8.02. The molecule has 1 aromatic carbocycles. The Morgan fingerprint density at radius 2 is 2.04 bits per heavy atom. The van der Waals surface area contributed by atoms with Crippen molar-refractivity contribution >= 4 is 29.5 Å². The molecule has 7 nitrogen and oxygen atoms in total. The predicted octanol–water partition coefficient (Wildman–Crippen LogP) is 3.45. The van der Waals surface area contributed by atoms with Crippen molar-refractivity contribution in [1.29, 1.82) is 5.41 Å². The van der Waals surface area contributed by atoms with Crippen LogP contribution in [0.1, 0.15) is 50.5 Å². The van der Waals surface area contributed by atoms with Crippen LogP contribution in [0.5, 0.6) is 0 Å². The summed E-state index contributed by atoms with van der Waals surface area (Å²) in [6.45, 7) is 3.13. The van der Waals surface area contributed by atoms with E-state index >= 15 is 0 Å². The maximum absolute atomic E-state index is 12.3. The van der Waals surface area contributed by atoms with Gasteiger partial charge in [0.25, 0.3) is 0 Å². The first-order valence-corrected chi connectivity index (χ1v) is 10.3. The second-order valence-corrected chi connectivity index (χ2v) is 8.02. The minimum absolute atomic E-state index is 0.119. The smallest absolute Gasteiger partial charge is 0.347 e. The number of hydrogen-bond donors (Lipinski definition) is 4. The summed E-state index contributed by atoms with van der Waals surface area (Å²) in [7, 11) is 0. The fourth-order valence-corrected chi connectivity index (χ4v) is 4.37. The van der Waals surface area contributed by atoms with Gasteiger partial charge in [-0.15, -0.1) is 0 Å². The molecule has 1 atom stereocenters. The van der Waals surface area contributed by atoms with Crippen LogP contribution in [0.2, 0.25) is 0 Å².